The second-order valence-corrected chi connectivity index (χ2v) is 6.69. The van der Waals surface area contributed by atoms with Gasteiger partial charge in [0, 0.05) is 17.3 Å². The molecule has 0 bridgehead atoms. The van der Waals surface area contributed by atoms with Crippen LogP contribution in [-0.4, -0.2) is 18.8 Å². The minimum atomic E-state index is -0.823. The van der Waals surface area contributed by atoms with Gasteiger partial charge in [-0.15, -0.1) is 0 Å². The predicted molar refractivity (Wildman–Crippen MR) is 111 cm³/mol. The van der Waals surface area contributed by atoms with Crippen molar-refractivity contribution in [3.05, 3.63) is 95.6 Å². The third-order valence-electron chi connectivity index (χ3n) is 4.59. The Bertz CT molecular complexity index is 949. The van der Waals surface area contributed by atoms with E-state index in [9.17, 15) is 9.59 Å². The molecule has 3 aromatic rings. The highest BCUT2D eigenvalue weighted by Crippen LogP contribution is 2.21. The molecule has 1 amide bonds. The molecule has 3 aromatic carbocycles. The maximum Gasteiger partial charge on any atom is 0.235 e. The molecule has 0 aliphatic heterocycles. The SMILES string of the molecule is COc1cccc(NC(=O)[C@@H](Cc2ccc(C)cc2)C(=O)c2ccccc2)c1. The summed E-state index contributed by atoms with van der Waals surface area (Å²) in [6.07, 6.45) is 0.337. The summed E-state index contributed by atoms with van der Waals surface area (Å²) in [4.78, 5) is 26.1. The van der Waals surface area contributed by atoms with Crippen molar-refractivity contribution >= 4 is 17.4 Å². The number of ether oxygens (including phenoxy) is 1. The lowest BCUT2D eigenvalue weighted by Gasteiger charge is -2.17. The van der Waals surface area contributed by atoms with Gasteiger partial charge in [-0.05, 0) is 31.0 Å². The number of rotatable bonds is 7. The van der Waals surface area contributed by atoms with Gasteiger partial charge in [-0.3, -0.25) is 9.59 Å². The Morgan fingerprint density at radius 3 is 2.32 bits per heavy atom. The zero-order valence-corrected chi connectivity index (χ0v) is 16.0. The molecule has 142 valence electrons. The number of Topliss-reactive ketones (excluding diaryl/α,β-unsaturated/α-hetero) is 1. The van der Waals surface area contributed by atoms with Crippen LogP contribution in [0, 0.1) is 12.8 Å². The summed E-state index contributed by atoms with van der Waals surface area (Å²) >= 11 is 0. The van der Waals surface area contributed by atoms with E-state index in [2.05, 4.69) is 5.32 Å². The van der Waals surface area contributed by atoms with Crippen LogP contribution >= 0.6 is 0 Å². The molecule has 4 heteroatoms. The molecule has 0 aliphatic rings. The monoisotopic (exact) mass is 373 g/mol. The van der Waals surface area contributed by atoms with Crippen molar-refractivity contribution in [1.29, 1.82) is 0 Å². The number of methoxy groups -OCH3 is 1. The first-order valence-corrected chi connectivity index (χ1v) is 9.16. The lowest BCUT2D eigenvalue weighted by molar-refractivity contribution is -0.118. The van der Waals surface area contributed by atoms with Gasteiger partial charge in [-0.1, -0.05) is 66.2 Å². The fraction of sp³-hybridized carbons (Fsp3) is 0.167. The number of carbonyl (C=O) groups excluding carboxylic acids is 2. The topological polar surface area (TPSA) is 55.4 Å². The number of nitrogens with one attached hydrogen (secondary N) is 1. The second-order valence-electron chi connectivity index (χ2n) is 6.69. The zero-order chi connectivity index (χ0) is 19.9. The quantitative estimate of drug-likeness (QED) is 0.483. The van der Waals surface area contributed by atoms with Crippen LogP contribution in [0.25, 0.3) is 0 Å². The standard InChI is InChI=1S/C24H23NO3/c1-17-11-13-18(14-12-17)15-22(23(26)19-7-4-3-5-8-19)24(27)25-20-9-6-10-21(16-20)28-2/h3-14,16,22H,15H2,1-2H3,(H,25,27)/t22-/m0/s1. The van der Waals surface area contributed by atoms with E-state index in [1.54, 1.807) is 55.6 Å². The highest BCUT2D eigenvalue weighted by molar-refractivity contribution is 6.13. The van der Waals surface area contributed by atoms with Crippen molar-refractivity contribution in [3.8, 4) is 5.75 Å². The molecule has 0 saturated heterocycles. The molecule has 0 aromatic heterocycles. The first-order valence-electron chi connectivity index (χ1n) is 9.16. The lowest BCUT2D eigenvalue weighted by Crippen LogP contribution is -2.31. The van der Waals surface area contributed by atoms with E-state index >= 15 is 0 Å². The van der Waals surface area contributed by atoms with Gasteiger partial charge in [0.05, 0.1) is 7.11 Å². The van der Waals surface area contributed by atoms with E-state index in [1.165, 1.54) is 0 Å². The number of aryl methyl sites for hydroxylation is 1. The van der Waals surface area contributed by atoms with Crippen LogP contribution in [0.1, 0.15) is 21.5 Å². The maximum atomic E-state index is 13.1. The van der Waals surface area contributed by atoms with E-state index in [0.29, 0.717) is 23.4 Å². The van der Waals surface area contributed by atoms with Crippen LogP contribution in [0.4, 0.5) is 5.69 Å². The van der Waals surface area contributed by atoms with Crippen LogP contribution in [0.3, 0.4) is 0 Å². The minimum absolute atomic E-state index is 0.193. The second kappa shape index (κ2) is 9.00. The molecule has 0 unspecified atom stereocenters. The Morgan fingerprint density at radius 2 is 1.64 bits per heavy atom. The Labute approximate surface area is 165 Å². The summed E-state index contributed by atoms with van der Waals surface area (Å²) in [5.41, 5.74) is 3.20. The number of hydrogen-bond acceptors (Lipinski definition) is 3. The maximum absolute atomic E-state index is 13.1. The zero-order valence-electron chi connectivity index (χ0n) is 16.0. The normalized spacial score (nSPS) is 11.5. The molecule has 0 radical (unpaired) electrons. The third-order valence-corrected chi connectivity index (χ3v) is 4.59. The van der Waals surface area contributed by atoms with Crippen molar-refractivity contribution < 1.29 is 14.3 Å². The van der Waals surface area contributed by atoms with Crippen LogP contribution in [0.15, 0.2) is 78.9 Å². The highest BCUT2D eigenvalue weighted by Gasteiger charge is 2.28. The van der Waals surface area contributed by atoms with Gasteiger partial charge in [0.2, 0.25) is 5.91 Å². The van der Waals surface area contributed by atoms with Gasteiger partial charge in [0.25, 0.3) is 0 Å². The predicted octanol–water partition coefficient (Wildman–Crippen LogP) is 4.68. The Morgan fingerprint density at radius 1 is 0.929 bits per heavy atom. The number of amides is 1. The van der Waals surface area contributed by atoms with E-state index in [4.69, 9.17) is 4.74 Å². The Balaban J connectivity index is 1.86. The molecule has 1 N–H and O–H groups in total. The van der Waals surface area contributed by atoms with Crippen LogP contribution < -0.4 is 10.1 Å². The van der Waals surface area contributed by atoms with E-state index in [0.717, 1.165) is 11.1 Å². The summed E-state index contributed by atoms with van der Waals surface area (Å²) in [5, 5.41) is 2.86. The smallest absolute Gasteiger partial charge is 0.235 e. The van der Waals surface area contributed by atoms with Gasteiger partial charge in [-0.2, -0.15) is 0 Å². The van der Waals surface area contributed by atoms with Crippen LogP contribution in [0.5, 0.6) is 5.75 Å². The molecule has 0 saturated carbocycles. The minimum Gasteiger partial charge on any atom is -0.497 e. The number of benzene rings is 3. The first kappa shape index (κ1) is 19.4. The Hall–Kier alpha value is -3.40. The molecule has 0 spiro atoms. The summed E-state index contributed by atoms with van der Waals surface area (Å²) < 4.78 is 5.20. The van der Waals surface area contributed by atoms with Crippen molar-refractivity contribution in [2.75, 3.05) is 12.4 Å². The molecular weight excluding hydrogens is 350 g/mol. The lowest BCUT2D eigenvalue weighted by atomic mass is 9.90. The Kier molecular flexibility index (Phi) is 6.22. The average molecular weight is 373 g/mol. The van der Waals surface area contributed by atoms with Crippen LogP contribution in [0.2, 0.25) is 0 Å². The van der Waals surface area contributed by atoms with Gasteiger partial charge in [-0.25, -0.2) is 0 Å². The highest BCUT2D eigenvalue weighted by atomic mass is 16.5. The molecule has 0 heterocycles. The number of carbonyl (C=O) groups is 2. The van der Waals surface area contributed by atoms with Crippen molar-refractivity contribution in [2.24, 2.45) is 5.92 Å². The van der Waals surface area contributed by atoms with Gasteiger partial charge in [0.15, 0.2) is 5.78 Å². The molecule has 0 aliphatic carbocycles. The van der Waals surface area contributed by atoms with E-state index in [-0.39, 0.29) is 11.7 Å². The van der Waals surface area contributed by atoms with Crippen molar-refractivity contribution in [2.45, 2.75) is 13.3 Å². The van der Waals surface area contributed by atoms with Gasteiger partial charge < -0.3 is 10.1 Å². The van der Waals surface area contributed by atoms with E-state index < -0.39 is 5.92 Å². The number of ketones is 1. The third kappa shape index (κ3) is 4.86. The average Bonchev–Trinajstić information content (AvgIpc) is 2.73. The first-order chi connectivity index (χ1) is 13.6. The summed E-state index contributed by atoms with van der Waals surface area (Å²) in [5.74, 6) is -0.706. The number of anilines is 1. The molecule has 28 heavy (non-hydrogen) atoms. The van der Waals surface area contributed by atoms with Crippen LogP contribution in [-0.2, 0) is 11.2 Å². The fourth-order valence-electron chi connectivity index (χ4n) is 3.00. The fourth-order valence-corrected chi connectivity index (χ4v) is 3.00. The summed E-state index contributed by atoms with van der Waals surface area (Å²) in [7, 11) is 1.57. The van der Waals surface area contributed by atoms with Crippen molar-refractivity contribution in [3.63, 3.8) is 0 Å². The molecule has 0 fully saturated rings. The van der Waals surface area contributed by atoms with Gasteiger partial charge >= 0.3 is 0 Å². The largest absolute Gasteiger partial charge is 0.497 e. The molecule has 3 rings (SSSR count). The van der Waals surface area contributed by atoms with Gasteiger partial charge in [0.1, 0.15) is 11.7 Å². The molecule has 4 nitrogen and oxygen atoms in total. The summed E-state index contributed by atoms with van der Waals surface area (Å²) in [6.45, 7) is 2.01. The molecule has 1 atom stereocenters. The van der Waals surface area contributed by atoms with E-state index in [1.807, 2.05) is 37.3 Å². The summed E-state index contributed by atoms with van der Waals surface area (Å²) in [6, 6.07) is 23.9. The number of hydrogen-bond donors (Lipinski definition) is 1. The molecular formula is C24H23NO3. The van der Waals surface area contributed by atoms with Crippen molar-refractivity contribution in [1.82, 2.24) is 0 Å².